The molecule has 3 aliphatic heterocycles. The Bertz CT molecular complexity index is 1160. The number of methoxy groups -OCH3 is 1. The SMILES string of the molecule is CCCC1OC(=O)C(C)C(OC2CC(C)(OC)C(O)C(C)O2)C(C)C(OC2OC(C)CC(N(C)C)C2O)C(C)(O)CC(C)CN(C)C(C)C(O)C1(C)O. The van der Waals surface area contributed by atoms with Crippen LogP contribution in [0.25, 0.3) is 0 Å². The molecule has 14 heteroatoms. The molecule has 0 radical (unpaired) electrons. The quantitative estimate of drug-likeness (QED) is 0.228. The standard InChI is InChI=1S/C39H74N2O12/c1-15-16-28-39(10,47)32(43)25(6)41(13)20-21(2)18-37(8,46)34(53-36-30(42)27(40(11)12)17-22(3)49-36)23(4)31(24(5)35(45)51-28)52-29-19-38(9,48-14)33(44)26(7)50-29/h21-34,36,42-44,46-47H,15-20H2,1-14H3. The fourth-order valence-corrected chi connectivity index (χ4v) is 8.85. The minimum atomic E-state index is -1.80. The van der Waals surface area contributed by atoms with Crippen molar-refractivity contribution < 1.29 is 58.7 Å². The first-order chi connectivity index (χ1) is 24.4. The molecule has 3 fully saturated rings. The van der Waals surface area contributed by atoms with Gasteiger partial charge in [0.25, 0.3) is 0 Å². The molecule has 0 aromatic heterocycles. The van der Waals surface area contributed by atoms with E-state index >= 15 is 0 Å². The number of aliphatic hydroxyl groups excluding tert-OH is 3. The minimum Gasteiger partial charge on any atom is -0.459 e. The van der Waals surface area contributed by atoms with Gasteiger partial charge in [-0.25, -0.2) is 0 Å². The molecule has 3 heterocycles. The molecule has 312 valence electrons. The van der Waals surface area contributed by atoms with Gasteiger partial charge in [0.1, 0.15) is 30.0 Å². The van der Waals surface area contributed by atoms with Crippen molar-refractivity contribution in [3.05, 3.63) is 0 Å². The van der Waals surface area contributed by atoms with Crippen LogP contribution < -0.4 is 0 Å². The maximum Gasteiger partial charge on any atom is 0.311 e. The number of hydrogen-bond donors (Lipinski definition) is 5. The average Bonchev–Trinajstić information content (AvgIpc) is 3.07. The predicted molar refractivity (Wildman–Crippen MR) is 199 cm³/mol. The molecular formula is C39H74N2O12. The topological polar surface area (TPSA) is 180 Å². The highest BCUT2D eigenvalue weighted by molar-refractivity contribution is 5.73. The number of nitrogens with zero attached hydrogens (tertiary/aromatic N) is 2. The molecule has 0 bridgehead atoms. The summed E-state index contributed by atoms with van der Waals surface area (Å²) in [4.78, 5) is 18.2. The Morgan fingerprint density at radius 3 is 2.13 bits per heavy atom. The first kappa shape index (κ1) is 46.4. The van der Waals surface area contributed by atoms with E-state index in [0.717, 1.165) is 0 Å². The van der Waals surface area contributed by atoms with E-state index < -0.39 is 96.0 Å². The second-order valence-corrected chi connectivity index (χ2v) is 17.5. The van der Waals surface area contributed by atoms with Crippen molar-refractivity contribution in [3.63, 3.8) is 0 Å². The zero-order valence-electron chi connectivity index (χ0n) is 34.9. The summed E-state index contributed by atoms with van der Waals surface area (Å²) in [7, 11) is 7.13. The van der Waals surface area contributed by atoms with E-state index in [2.05, 4.69) is 0 Å². The summed E-state index contributed by atoms with van der Waals surface area (Å²) in [5.74, 6) is -2.57. The first-order valence-corrected chi connectivity index (χ1v) is 19.6. The summed E-state index contributed by atoms with van der Waals surface area (Å²) in [6.45, 7) is 18.2. The number of cyclic esters (lactones) is 1. The lowest BCUT2D eigenvalue weighted by molar-refractivity contribution is -0.318. The molecule has 18 unspecified atom stereocenters. The van der Waals surface area contributed by atoms with Gasteiger partial charge in [-0.3, -0.25) is 4.79 Å². The van der Waals surface area contributed by atoms with E-state index in [0.29, 0.717) is 25.8 Å². The number of aliphatic hydroxyl groups is 5. The van der Waals surface area contributed by atoms with Crippen LogP contribution in [0.3, 0.4) is 0 Å². The Balaban J connectivity index is 2.19. The normalized spacial score (nSPS) is 48.9. The van der Waals surface area contributed by atoms with Gasteiger partial charge in [-0.1, -0.05) is 27.2 Å². The number of ether oxygens (including phenoxy) is 6. The van der Waals surface area contributed by atoms with Gasteiger partial charge in [0.05, 0.1) is 41.5 Å². The summed E-state index contributed by atoms with van der Waals surface area (Å²) in [5.41, 5.74) is -4.38. The van der Waals surface area contributed by atoms with Gasteiger partial charge in [0.15, 0.2) is 12.6 Å². The van der Waals surface area contributed by atoms with Crippen LogP contribution in [0.15, 0.2) is 0 Å². The Morgan fingerprint density at radius 2 is 1.57 bits per heavy atom. The monoisotopic (exact) mass is 763 g/mol. The molecule has 0 aliphatic carbocycles. The highest BCUT2D eigenvalue weighted by atomic mass is 16.7. The van der Waals surface area contributed by atoms with Crippen molar-refractivity contribution in [3.8, 4) is 0 Å². The maximum absolute atomic E-state index is 14.3. The number of likely N-dealkylation sites (N-methyl/N-ethyl adjacent to an activating group) is 2. The lowest BCUT2D eigenvalue weighted by atomic mass is 9.77. The summed E-state index contributed by atoms with van der Waals surface area (Å²) < 4.78 is 37.7. The number of esters is 1. The zero-order chi connectivity index (χ0) is 40.4. The fourth-order valence-electron chi connectivity index (χ4n) is 8.85. The van der Waals surface area contributed by atoms with Crippen molar-refractivity contribution in [1.82, 2.24) is 9.80 Å². The minimum absolute atomic E-state index is 0.134. The molecule has 5 N–H and O–H groups in total. The van der Waals surface area contributed by atoms with Gasteiger partial charge in [0.2, 0.25) is 0 Å². The molecule has 0 aromatic rings. The number of hydrogen-bond acceptors (Lipinski definition) is 14. The fraction of sp³-hybridized carbons (Fsp3) is 0.974. The summed E-state index contributed by atoms with van der Waals surface area (Å²) in [6.07, 6.45) is -7.53. The summed E-state index contributed by atoms with van der Waals surface area (Å²) >= 11 is 0. The molecule has 3 rings (SSSR count). The molecule has 0 spiro atoms. The van der Waals surface area contributed by atoms with Crippen LogP contribution in [0.2, 0.25) is 0 Å². The van der Waals surface area contributed by atoms with Gasteiger partial charge >= 0.3 is 5.97 Å². The second kappa shape index (κ2) is 18.5. The lowest BCUT2D eigenvalue weighted by Gasteiger charge is -2.48. The Morgan fingerprint density at radius 1 is 0.943 bits per heavy atom. The Labute approximate surface area is 318 Å². The van der Waals surface area contributed by atoms with E-state index in [1.165, 1.54) is 14.0 Å². The van der Waals surface area contributed by atoms with Gasteiger partial charge in [-0.05, 0) is 94.8 Å². The molecule has 0 amide bonds. The van der Waals surface area contributed by atoms with Crippen LogP contribution in [0.4, 0.5) is 0 Å². The van der Waals surface area contributed by atoms with Crippen LogP contribution in [0.5, 0.6) is 0 Å². The molecule has 0 saturated carbocycles. The third-order valence-corrected chi connectivity index (χ3v) is 12.4. The van der Waals surface area contributed by atoms with E-state index in [-0.39, 0.29) is 30.9 Å². The molecule has 18 atom stereocenters. The molecule has 14 nitrogen and oxygen atoms in total. The molecular weight excluding hydrogens is 688 g/mol. The van der Waals surface area contributed by atoms with Crippen LogP contribution in [0, 0.1) is 17.8 Å². The van der Waals surface area contributed by atoms with Crippen molar-refractivity contribution in [2.45, 2.75) is 192 Å². The van der Waals surface area contributed by atoms with Crippen molar-refractivity contribution in [1.29, 1.82) is 0 Å². The molecule has 53 heavy (non-hydrogen) atoms. The highest BCUT2D eigenvalue weighted by Crippen LogP contribution is 2.40. The van der Waals surface area contributed by atoms with Gasteiger partial charge in [-0.15, -0.1) is 0 Å². The van der Waals surface area contributed by atoms with Crippen molar-refractivity contribution in [2.75, 3.05) is 34.8 Å². The van der Waals surface area contributed by atoms with E-state index in [1.807, 2.05) is 65.6 Å². The summed E-state index contributed by atoms with van der Waals surface area (Å²) in [5, 5.41) is 58.4. The second-order valence-electron chi connectivity index (χ2n) is 17.5. The molecule has 3 aliphatic rings. The van der Waals surface area contributed by atoms with Crippen LogP contribution in [0.1, 0.15) is 101 Å². The third-order valence-electron chi connectivity index (χ3n) is 12.4. The maximum atomic E-state index is 14.3. The van der Waals surface area contributed by atoms with E-state index in [1.54, 1.807) is 27.7 Å². The summed E-state index contributed by atoms with van der Waals surface area (Å²) in [6, 6.07) is -0.808. The Kier molecular flexibility index (Phi) is 16.2. The smallest absolute Gasteiger partial charge is 0.311 e. The van der Waals surface area contributed by atoms with Crippen molar-refractivity contribution >= 4 is 5.97 Å². The number of carbonyl (C=O) groups is 1. The number of carbonyl (C=O) groups excluding carboxylic acids is 1. The largest absolute Gasteiger partial charge is 0.459 e. The van der Waals surface area contributed by atoms with E-state index in [4.69, 9.17) is 28.4 Å². The van der Waals surface area contributed by atoms with Crippen molar-refractivity contribution in [2.24, 2.45) is 17.8 Å². The Hall–Kier alpha value is -1.01. The predicted octanol–water partition coefficient (Wildman–Crippen LogP) is 2.29. The lowest BCUT2D eigenvalue weighted by Crippen LogP contribution is -2.60. The third kappa shape index (κ3) is 10.7. The van der Waals surface area contributed by atoms with Crippen LogP contribution in [-0.4, -0.2) is 166 Å². The van der Waals surface area contributed by atoms with Gasteiger partial charge in [0, 0.05) is 38.1 Å². The van der Waals surface area contributed by atoms with Gasteiger partial charge in [-0.2, -0.15) is 0 Å². The average molecular weight is 763 g/mol. The van der Waals surface area contributed by atoms with E-state index in [9.17, 15) is 30.3 Å². The zero-order valence-corrected chi connectivity index (χ0v) is 34.9. The highest BCUT2D eigenvalue weighted by Gasteiger charge is 2.52. The van der Waals surface area contributed by atoms with Gasteiger partial charge < -0.3 is 63.8 Å². The number of rotatable bonds is 8. The molecule has 3 saturated heterocycles. The van der Waals surface area contributed by atoms with Crippen LogP contribution >= 0.6 is 0 Å². The first-order valence-electron chi connectivity index (χ1n) is 19.6. The molecule has 0 aromatic carbocycles. The van der Waals surface area contributed by atoms with Crippen LogP contribution in [-0.2, 0) is 33.2 Å².